The van der Waals surface area contributed by atoms with Crippen molar-refractivity contribution in [1.29, 1.82) is 0 Å². The third-order valence-corrected chi connectivity index (χ3v) is 3.43. The van der Waals surface area contributed by atoms with Gasteiger partial charge < -0.3 is 14.6 Å². The van der Waals surface area contributed by atoms with E-state index in [-0.39, 0.29) is 18.3 Å². The monoisotopic (exact) mass is 170 g/mol. The lowest BCUT2D eigenvalue weighted by atomic mass is 9.98. The van der Waals surface area contributed by atoms with Crippen molar-refractivity contribution >= 4 is 0 Å². The van der Waals surface area contributed by atoms with Crippen molar-refractivity contribution in [2.75, 3.05) is 6.61 Å². The summed E-state index contributed by atoms with van der Waals surface area (Å²) in [6.45, 7) is 0.842. The quantitative estimate of drug-likeness (QED) is 0.568. The lowest BCUT2D eigenvalue weighted by molar-refractivity contribution is -0.0270. The Morgan fingerprint density at radius 1 is 1.08 bits per heavy atom. The molecule has 0 spiro atoms. The molecule has 12 heavy (non-hydrogen) atoms. The van der Waals surface area contributed by atoms with Crippen LogP contribution in [0.1, 0.15) is 19.3 Å². The molecule has 0 aromatic heterocycles. The fourth-order valence-corrected chi connectivity index (χ4v) is 2.86. The molecule has 0 aromatic carbocycles. The average Bonchev–Trinajstić information content (AvgIpc) is 2.63. The molecule has 3 fully saturated rings. The second-order valence-corrected chi connectivity index (χ2v) is 4.07. The van der Waals surface area contributed by atoms with Gasteiger partial charge in [0.15, 0.2) is 0 Å². The first-order chi connectivity index (χ1) is 5.86. The molecule has 3 aliphatic rings. The Hall–Kier alpha value is -0.120. The van der Waals surface area contributed by atoms with Gasteiger partial charge in [-0.05, 0) is 19.3 Å². The number of aliphatic hydroxyl groups excluding tert-OH is 1. The van der Waals surface area contributed by atoms with Crippen LogP contribution in [0, 0.1) is 5.92 Å². The molecule has 1 aliphatic carbocycles. The van der Waals surface area contributed by atoms with Crippen LogP contribution in [-0.4, -0.2) is 36.1 Å². The van der Waals surface area contributed by atoms with Crippen LogP contribution in [0.2, 0.25) is 0 Å². The Balaban J connectivity index is 1.83. The second kappa shape index (κ2) is 2.44. The SMILES string of the molecule is O[C@@H]1CC[C@@H]2[C@H]1O[C@H]1CCO[C@@H]21. The maximum Gasteiger partial charge on any atom is 0.0892 e. The molecule has 2 heterocycles. The Kier molecular flexibility index (Phi) is 1.48. The lowest BCUT2D eigenvalue weighted by Gasteiger charge is -2.14. The van der Waals surface area contributed by atoms with E-state index in [1.165, 1.54) is 0 Å². The van der Waals surface area contributed by atoms with Crippen molar-refractivity contribution in [2.45, 2.75) is 43.7 Å². The summed E-state index contributed by atoms with van der Waals surface area (Å²) in [4.78, 5) is 0. The van der Waals surface area contributed by atoms with E-state index in [9.17, 15) is 5.11 Å². The maximum absolute atomic E-state index is 9.57. The molecule has 0 aromatic rings. The molecule has 3 nitrogen and oxygen atoms in total. The first-order valence-corrected chi connectivity index (χ1v) is 4.81. The third kappa shape index (κ3) is 0.817. The van der Waals surface area contributed by atoms with Gasteiger partial charge in [-0.2, -0.15) is 0 Å². The second-order valence-electron chi connectivity index (χ2n) is 4.07. The summed E-state index contributed by atoms with van der Waals surface area (Å²) >= 11 is 0. The molecule has 0 amide bonds. The van der Waals surface area contributed by atoms with Crippen molar-refractivity contribution in [3.8, 4) is 0 Å². The predicted molar refractivity (Wildman–Crippen MR) is 41.7 cm³/mol. The molecule has 2 saturated heterocycles. The standard InChI is InChI=1S/C9H14O3/c10-6-2-1-5-8(6)12-7-3-4-11-9(5)7/h5-10H,1-4H2/t5-,6-,7+,8-,9+/m1/s1. The number of hydrogen-bond acceptors (Lipinski definition) is 3. The highest BCUT2D eigenvalue weighted by molar-refractivity contribution is 5.01. The Labute approximate surface area is 71.7 Å². The van der Waals surface area contributed by atoms with Crippen LogP contribution in [0.5, 0.6) is 0 Å². The Bertz CT molecular complexity index is 192. The predicted octanol–water partition coefficient (Wildman–Crippen LogP) is 0.314. The fourth-order valence-electron chi connectivity index (χ4n) is 2.86. The van der Waals surface area contributed by atoms with Gasteiger partial charge >= 0.3 is 0 Å². The number of hydrogen-bond donors (Lipinski definition) is 1. The highest BCUT2D eigenvalue weighted by Crippen LogP contribution is 2.44. The van der Waals surface area contributed by atoms with Crippen molar-refractivity contribution in [2.24, 2.45) is 5.92 Å². The van der Waals surface area contributed by atoms with Crippen LogP contribution in [0.25, 0.3) is 0 Å². The summed E-state index contributed by atoms with van der Waals surface area (Å²) in [5, 5.41) is 9.57. The molecule has 0 unspecified atom stereocenters. The van der Waals surface area contributed by atoms with Crippen LogP contribution in [-0.2, 0) is 9.47 Å². The zero-order valence-electron chi connectivity index (χ0n) is 6.98. The van der Waals surface area contributed by atoms with Gasteiger partial charge in [-0.3, -0.25) is 0 Å². The van der Waals surface area contributed by atoms with Crippen LogP contribution < -0.4 is 0 Å². The van der Waals surface area contributed by atoms with Gasteiger partial charge in [0.2, 0.25) is 0 Å². The van der Waals surface area contributed by atoms with Crippen LogP contribution in [0.4, 0.5) is 0 Å². The molecule has 68 valence electrons. The van der Waals surface area contributed by atoms with Crippen molar-refractivity contribution in [1.82, 2.24) is 0 Å². The normalized spacial score (nSPS) is 57.2. The highest BCUT2D eigenvalue weighted by Gasteiger charge is 2.52. The van der Waals surface area contributed by atoms with Gasteiger partial charge in [0.05, 0.1) is 24.4 Å². The minimum atomic E-state index is -0.232. The van der Waals surface area contributed by atoms with E-state index < -0.39 is 0 Å². The minimum Gasteiger partial charge on any atom is -0.390 e. The van der Waals surface area contributed by atoms with E-state index in [1.54, 1.807) is 0 Å². The summed E-state index contributed by atoms with van der Waals surface area (Å²) in [7, 11) is 0. The smallest absolute Gasteiger partial charge is 0.0892 e. The molecule has 3 heteroatoms. The van der Waals surface area contributed by atoms with Gasteiger partial charge in [-0.15, -0.1) is 0 Å². The largest absolute Gasteiger partial charge is 0.390 e. The van der Waals surface area contributed by atoms with Gasteiger partial charge in [0.25, 0.3) is 0 Å². The van der Waals surface area contributed by atoms with Crippen molar-refractivity contribution < 1.29 is 14.6 Å². The van der Waals surface area contributed by atoms with Gasteiger partial charge in [0.1, 0.15) is 0 Å². The van der Waals surface area contributed by atoms with Crippen LogP contribution >= 0.6 is 0 Å². The van der Waals surface area contributed by atoms with E-state index >= 15 is 0 Å². The van der Waals surface area contributed by atoms with Crippen LogP contribution in [0.15, 0.2) is 0 Å². The van der Waals surface area contributed by atoms with Gasteiger partial charge in [-0.1, -0.05) is 0 Å². The molecule has 0 radical (unpaired) electrons. The molecular formula is C9H14O3. The zero-order chi connectivity index (χ0) is 8.13. The van der Waals surface area contributed by atoms with Gasteiger partial charge in [0, 0.05) is 12.5 Å². The minimum absolute atomic E-state index is 0.0836. The number of fused-ring (bicyclic) bond motifs is 3. The maximum atomic E-state index is 9.57. The van der Waals surface area contributed by atoms with Crippen LogP contribution in [0.3, 0.4) is 0 Å². The number of rotatable bonds is 0. The lowest BCUT2D eigenvalue weighted by Crippen LogP contribution is -2.26. The molecular weight excluding hydrogens is 156 g/mol. The first-order valence-electron chi connectivity index (χ1n) is 4.81. The fraction of sp³-hybridized carbons (Fsp3) is 1.00. The molecule has 1 saturated carbocycles. The van der Waals surface area contributed by atoms with E-state index in [4.69, 9.17) is 9.47 Å². The van der Waals surface area contributed by atoms with Crippen molar-refractivity contribution in [3.63, 3.8) is 0 Å². The van der Waals surface area contributed by atoms with Gasteiger partial charge in [-0.25, -0.2) is 0 Å². The summed E-state index contributed by atoms with van der Waals surface area (Å²) in [5.74, 6) is 0.479. The van der Waals surface area contributed by atoms with Crippen molar-refractivity contribution in [3.05, 3.63) is 0 Å². The summed E-state index contributed by atoms with van der Waals surface area (Å²) in [6.07, 6.45) is 3.42. The molecule has 5 atom stereocenters. The number of aliphatic hydroxyl groups is 1. The Morgan fingerprint density at radius 3 is 2.92 bits per heavy atom. The van der Waals surface area contributed by atoms with E-state index in [0.29, 0.717) is 12.0 Å². The topological polar surface area (TPSA) is 38.7 Å². The molecule has 1 N–H and O–H groups in total. The van der Waals surface area contributed by atoms with E-state index in [0.717, 1.165) is 25.9 Å². The van der Waals surface area contributed by atoms with E-state index in [2.05, 4.69) is 0 Å². The summed E-state index contributed by atoms with van der Waals surface area (Å²) < 4.78 is 11.3. The molecule has 2 aliphatic heterocycles. The summed E-state index contributed by atoms with van der Waals surface area (Å²) in [6, 6.07) is 0. The zero-order valence-corrected chi connectivity index (χ0v) is 6.98. The number of ether oxygens (including phenoxy) is 2. The first kappa shape index (κ1) is 7.30. The average molecular weight is 170 g/mol. The van der Waals surface area contributed by atoms with E-state index in [1.807, 2.05) is 0 Å². The summed E-state index contributed by atoms with van der Waals surface area (Å²) in [5.41, 5.74) is 0. The highest BCUT2D eigenvalue weighted by atomic mass is 16.6. The molecule has 3 rings (SSSR count). The molecule has 0 bridgehead atoms. The third-order valence-electron chi connectivity index (χ3n) is 3.43. The Morgan fingerprint density at radius 2 is 2.00 bits per heavy atom.